The molecule has 0 atom stereocenters. The van der Waals surface area contributed by atoms with Gasteiger partial charge in [-0.25, -0.2) is 4.79 Å². The highest BCUT2D eigenvalue weighted by molar-refractivity contribution is 7.18. The Labute approximate surface area is 161 Å². The molecule has 0 aliphatic rings. The molecule has 1 aromatic heterocycles. The van der Waals surface area contributed by atoms with Gasteiger partial charge in [-0.1, -0.05) is 18.2 Å². The van der Waals surface area contributed by atoms with E-state index in [4.69, 9.17) is 19.9 Å². The number of ether oxygens (including phenoxy) is 3. The third-order valence-corrected chi connectivity index (χ3v) is 4.82. The van der Waals surface area contributed by atoms with E-state index < -0.39 is 11.9 Å². The topological polar surface area (TPSA) is 112 Å². The highest BCUT2D eigenvalue weighted by Gasteiger charge is 2.23. The number of methoxy groups -OCH3 is 1. The normalized spacial score (nSPS) is 10.1. The highest BCUT2D eigenvalue weighted by atomic mass is 32.1. The van der Waals surface area contributed by atoms with Crippen molar-refractivity contribution >= 4 is 28.3 Å². The number of nitriles is 1. The van der Waals surface area contributed by atoms with E-state index in [9.17, 15) is 14.9 Å². The lowest BCUT2D eigenvalue weighted by Crippen LogP contribution is -2.10. The molecule has 0 aliphatic heterocycles. The Morgan fingerprint density at radius 2 is 2.00 bits per heavy atom. The lowest BCUT2D eigenvalue weighted by molar-refractivity contribution is -0.144. The maximum absolute atomic E-state index is 12.1. The molecule has 7 nitrogen and oxygen atoms in total. The number of para-hydroxylation sites is 1. The number of esters is 2. The molecule has 0 spiro atoms. The van der Waals surface area contributed by atoms with Crippen molar-refractivity contribution in [2.45, 2.75) is 26.4 Å². The van der Waals surface area contributed by atoms with Crippen LogP contribution in [0.1, 0.15) is 39.7 Å². The summed E-state index contributed by atoms with van der Waals surface area (Å²) in [5, 5.41) is 9.46. The number of hydrogen-bond donors (Lipinski definition) is 1. The molecule has 1 heterocycles. The van der Waals surface area contributed by atoms with Crippen molar-refractivity contribution in [3.63, 3.8) is 0 Å². The van der Waals surface area contributed by atoms with Crippen LogP contribution in [0.5, 0.6) is 5.75 Å². The van der Waals surface area contributed by atoms with Gasteiger partial charge in [-0.05, 0) is 25.0 Å². The third kappa shape index (κ3) is 4.99. The number of anilines is 1. The minimum absolute atomic E-state index is 0.136. The number of carbonyl (C=O) groups is 2. The predicted octanol–water partition coefficient (Wildman–Crippen LogP) is 3.06. The maximum atomic E-state index is 12.1. The van der Waals surface area contributed by atoms with Gasteiger partial charge >= 0.3 is 11.9 Å². The van der Waals surface area contributed by atoms with Crippen LogP contribution in [0.3, 0.4) is 0 Å². The Hall–Kier alpha value is -3.05. The van der Waals surface area contributed by atoms with E-state index in [2.05, 4.69) is 0 Å². The van der Waals surface area contributed by atoms with Gasteiger partial charge in [0.2, 0.25) is 0 Å². The number of nitrogens with two attached hydrogens (primary N) is 1. The van der Waals surface area contributed by atoms with Crippen LogP contribution in [0.4, 0.5) is 5.00 Å². The van der Waals surface area contributed by atoms with Crippen LogP contribution in [-0.2, 0) is 27.3 Å². The molecule has 2 rings (SSSR count). The van der Waals surface area contributed by atoms with Crippen molar-refractivity contribution < 1.29 is 23.8 Å². The van der Waals surface area contributed by atoms with Crippen LogP contribution < -0.4 is 10.5 Å². The Kier molecular flexibility index (Phi) is 7.20. The molecular formula is C19H20N2O5S. The number of thiophene rings is 1. The molecular weight excluding hydrogens is 368 g/mol. The first-order valence-corrected chi connectivity index (χ1v) is 9.09. The molecule has 2 aromatic rings. The minimum atomic E-state index is -0.587. The SMILES string of the molecule is CCOC(=O)c1sc(N)c(C#N)c1COC(=O)CCc1ccccc1OC. The van der Waals surface area contributed by atoms with Crippen LogP contribution in [0, 0.1) is 11.3 Å². The molecule has 27 heavy (non-hydrogen) atoms. The lowest BCUT2D eigenvalue weighted by atomic mass is 10.1. The van der Waals surface area contributed by atoms with E-state index >= 15 is 0 Å². The average Bonchev–Trinajstić information content (AvgIpc) is 3.00. The quantitative estimate of drug-likeness (QED) is 0.692. The molecule has 2 N–H and O–H groups in total. The minimum Gasteiger partial charge on any atom is -0.496 e. The average molecular weight is 388 g/mol. The summed E-state index contributed by atoms with van der Waals surface area (Å²) in [5.74, 6) is -0.340. The molecule has 0 saturated heterocycles. The predicted molar refractivity (Wildman–Crippen MR) is 101 cm³/mol. The van der Waals surface area contributed by atoms with Crippen LogP contribution in [0.15, 0.2) is 24.3 Å². The fraction of sp³-hybridized carbons (Fsp3) is 0.316. The van der Waals surface area contributed by atoms with Crippen molar-refractivity contribution in [3.05, 3.63) is 45.8 Å². The largest absolute Gasteiger partial charge is 0.496 e. The summed E-state index contributed by atoms with van der Waals surface area (Å²) < 4.78 is 15.5. The Balaban J connectivity index is 2.04. The van der Waals surface area contributed by atoms with Crippen molar-refractivity contribution in [1.82, 2.24) is 0 Å². The first-order chi connectivity index (χ1) is 13.0. The zero-order valence-electron chi connectivity index (χ0n) is 15.1. The first-order valence-electron chi connectivity index (χ1n) is 8.27. The standard InChI is InChI=1S/C19H20N2O5S/c1-3-25-19(23)17-14(13(10-20)18(21)27-17)11-26-16(22)9-8-12-6-4-5-7-15(12)24-2/h4-7H,3,8-9,11,21H2,1-2H3. The zero-order valence-corrected chi connectivity index (χ0v) is 15.9. The molecule has 0 unspecified atom stereocenters. The van der Waals surface area contributed by atoms with Crippen LogP contribution in [0.25, 0.3) is 0 Å². The van der Waals surface area contributed by atoms with Gasteiger partial charge in [0.1, 0.15) is 28.3 Å². The fourth-order valence-corrected chi connectivity index (χ4v) is 3.39. The molecule has 142 valence electrons. The Bertz CT molecular complexity index is 869. The molecule has 0 aliphatic carbocycles. The van der Waals surface area contributed by atoms with Gasteiger partial charge in [-0.15, -0.1) is 11.3 Å². The van der Waals surface area contributed by atoms with Crippen LogP contribution in [-0.4, -0.2) is 25.7 Å². The molecule has 0 fully saturated rings. The van der Waals surface area contributed by atoms with Crippen LogP contribution >= 0.6 is 11.3 Å². The highest BCUT2D eigenvalue weighted by Crippen LogP contribution is 2.32. The number of hydrogen-bond acceptors (Lipinski definition) is 8. The van der Waals surface area contributed by atoms with Gasteiger partial charge < -0.3 is 19.9 Å². The summed E-state index contributed by atoms with van der Waals surface area (Å²) in [6.07, 6.45) is 0.584. The van der Waals surface area contributed by atoms with E-state index in [1.807, 2.05) is 30.3 Å². The van der Waals surface area contributed by atoms with E-state index in [1.54, 1.807) is 14.0 Å². The number of nitrogen functional groups attached to an aromatic ring is 1. The van der Waals surface area contributed by atoms with E-state index in [0.717, 1.165) is 16.9 Å². The summed E-state index contributed by atoms with van der Waals surface area (Å²) in [5.41, 5.74) is 7.10. The van der Waals surface area contributed by atoms with Gasteiger partial charge in [0, 0.05) is 12.0 Å². The number of rotatable bonds is 8. The molecule has 0 radical (unpaired) electrons. The van der Waals surface area contributed by atoms with Gasteiger partial charge in [-0.2, -0.15) is 5.26 Å². The van der Waals surface area contributed by atoms with Gasteiger partial charge in [0.05, 0.1) is 19.3 Å². The second-order valence-corrected chi connectivity index (χ2v) is 6.51. The fourth-order valence-electron chi connectivity index (χ4n) is 2.48. The van der Waals surface area contributed by atoms with Gasteiger partial charge in [0.15, 0.2) is 0 Å². The summed E-state index contributed by atoms with van der Waals surface area (Å²) in [6, 6.07) is 9.35. The number of aryl methyl sites for hydroxylation is 1. The Morgan fingerprint density at radius 3 is 2.67 bits per heavy atom. The van der Waals surface area contributed by atoms with E-state index in [-0.39, 0.29) is 40.6 Å². The number of carbonyl (C=O) groups excluding carboxylic acids is 2. The van der Waals surface area contributed by atoms with Crippen molar-refractivity contribution in [2.24, 2.45) is 0 Å². The van der Waals surface area contributed by atoms with E-state index in [1.165, 1.54) is 0 Å². The first kappa shape index (κ1) is 20.3. The summed E-state index contributed by atoms with van der Waals surface area (Å²) in [4.78, 5) is 24.3. The number of benzene rings is 1. The smallest absolute Gasteiger partial charge is 0.348 e. The molecule has 1 aromatic carbocycles. The van der Waals surface area contributed by atoms with E-state index in [0.29, 0.717) is 12.2 Å². The molecule has 8 heteroatoms. The number of nitrogens with zero attached hydrogens (tertiary/aromatic N) is 1. The van der Waals surface area contributed by atoms with Gasteiger partial charge in [-0.3, -0.25) is 4.79 Å². The van der Waals surface area contributed by atoms with Crippen molar-refractivity contribution in [1.29, 1.82) is 5.26 Å². The van der Waals surface area contributed by atoms with Crippen molar-refractivity contribution in [2.75, 3.05) is 19.5 Å². The summed E-state index contributed by atoms with van der Waals surface area (Å²) in [6.45, 7) is 1.66. The second kappa shape index (κ2) is 9.59. The monoisotopic (exact) mass is 388 g/mol. The summed E-state index contributed by atoms with van der Waals surface area (Å²) in [7, 11) is 1.57. The lowest BCUT2D eigenvalue weighted by Gasteiger charge is -2.09. The van der Waals surface area contributed by atoms with Crippen molar-refractivity contribution in [3.8, 4) is 11.8 Å². The molecule has 0 amide bonds. The maximum Gasteiger partial charge on any atom is 0.348 e. The molecule has 0 bridgehead atoms. The third-order valence-electron chi connectivity index (χ3n) is 3.78. The second-order valence-electron chi connectivity index (χ2n) is 5.45. The summed E-state index contributed by atoms with van der Waals surface area (Å²) >= 11 is 0.953. The Morgan fingerprint density at radius 1 is 1.26 bits per heavy atom. The molecule has 0 saturated carbocycles. The zero-order chi connectivity index (χ0) is 19.8. The van der Waals surface area contributed by atoms with Crippen LogP contribution in [0.2, 0.25) is 0 Å². The van der Waals surface area contributed by atoms with Gasteiger partial charge in [0.25, 0.3) is 0 Å².